The number of nitrogens with zero attached hydrogens (tertiary/aromatic N) is 2. The van der Waals surface area contributed by atoms with Crippen LogP contribution in [-0.4, -0.2) is 62.1 Å². The second-order valence-electron chi connectivity index (χ2n) is 12.4. The van der Waals surface area contributed by atoms with E-state index in [0.717, 1.165) is 22.6 Å². The second-order valence-corrected chi connectivity index (χ2v) is 13.7. The quantitative estimate of drug-likeness (QED) is 0.212. The van der Waals surface area contributed by atoms with Crippen molar-refractivity contribution in [3.8, 4) is 17.2 Å². The third-order valence-corrected chi connectivity index (χ3v) is 11.5. The maximum Gasteiger partial charge on any atom is 0.258 e. The number of halogens is 3. The van der Waals surface area contributed by atoms with Crippen LogP contribution in [0.25, 0.3) is 0 Å². The van der Waals surface area contributed by atoms with E-state index in [-0.39, 0.29) is 48.2 Å². The fourth-order valence-corrected chi connectivity index (χ4v) is 8.80. The molecule has 0 radical (unpaired) electrons. The third kappa shape index (κ3) is 4.48. The molecular formula is C35H29Cl2FN2O7. The molecule has 1 saturated carbocycles. The molecule has 2 saturated heterocycles. The number of aromatic hydroxyl groups is 2. The van der Waals surface area contributed by atoms with Crippen LogP contribution in [0.2, 0.25) is 0 Å². The molecule has 6 atom stereocenters. The molecule has 2 heterocycles. The fourth-order valence-electron chi connectivity index (χ4n) is 7.87. The van der Waals surface area contributed by atoms with Crippen LogP contribution in [0.4, 0.5) is 10.1 Å². The SMILES string of the molecule is COc1cc(O)ccc1[C@H]1C2=CC[C@@H]3C(=O)N(CCc4ccc(O)cc4)C(=O)[C@@H]3[C@@H]2C[C@@]2(Cl)C(=O)N(c3ccc(F)cc3)C(=O)[C@@]12Cl. The highest BCUT2D eigenvalue weighted by Gasteiger charge is 2.76. The van der Waals surface area contributed by atoms with Crippen molar-refractivity contribution in [3.05, 3.63) is 95.3 Å². The van der Waals surface area contributed by atoms with Gasteiger partial charge in [0.1, 0.15) is 23.1 Å². The number of benzene rings is 3. The maximum absolute atomic E-state index is 14.5. The number of anilines is 1. The maximum atomic E-state index is 14.5. The lowest BCUT2D eigenvalue weighted by atomic mass is 9.56. The Bertz CT molecular complexity index is 1870. The highest BCUT2D eigenvalue weighted by atomic mass is 35.5. The van der Waals surface area contributed by atoms with Gasteiger partial charge in [-0.05, 0) is 73.2 Å². The van der Waals surface area contributed by atoms with Gasteiger partial charge in [-0.25, -0.2) is 9.29 Å². The van der Waals surface area contributed by atoms with E-state index in [4.69, 9.17) is 27.9 Å². The molecule has 0 aromatic heterocycles. The zero-order valence-electron chi connectivity index (χ0n) is 25.0. The summed E-state index contributed by atoms with van der Waals surface area (Å²) >= 11 is 14.8. The smallest absolute Gasteiger partial charge is 0.258 e. The molecule has 0 bridgehead atoms. The van der Waals surface area contributed by atoms with E-state index in [1.54, 1.807) is 18.2 Å². The monoisotopic (exact) mass is 678 g/mol. The van der Waals surface area contributed by atoms with Crippen molar-refractivity contribution in [2.24, 2.45) is 17.8 Å². The molecule has 0 unspecified atom stereocenters. The minimum atomic E-state index is -2.12. The lowest BCUT2D eigenvalue weighted by Crippen LogP contribution is -2.60. The molecule has 2 aliphatic heterocycles. The summed E-state index contributed by atoms with van der Waals surface area (Å²) in [4.78, 5) is 54.5. The number of rotatable bonds is 6. The molecule has 4 aliphatic rings. The molecule has 2 aliphatic carbocycles. The van der Waals surface area contributed by atoms with Crippen LogP contribution in [0.15, 0.2) is 78.4 Å². The van der Waals surface area contributed by atoms with E-state index in [9.17, 15) is 33.8 Å². The van der Waals surface area contributed by atoms with E-state index in [1.165, 1.54) is 48.4 Å². The summed E-state index contributed by atoms with van der Waals surface area (Å²) in [6, 6.07) is 15.6. The molecule has 3 aromatic rings. The first-order valence-electron chi connectivity index (χ1n) is 15.1. The van der Waals surface area contributed by atoms with E-state index in [0.29, 0.717) is 17.6 Å². The number of likely N-dealkylation sites (tertiary alicyclic amines) is 1. The predicted octanol–water partition coefficient (Wildman–Crippen LogP) is 5.05. The van der Waals surface area contributed by atoms with Crippen molar-refractivity contribution in [2.45, 2.75) is 34.9 Å². The van der Waals surface area contributed by atoms with Crippen molar-refractivity contribution < 1.29 is 38.5 Å². The van der Waals surface area contributed by atoms with Crippen LogP contribution in [0.3, 0.4) is 0 Å². The Morgan fingerprint density at radius 1 is 0.894 bits per heavy atom. The number of hydrogen-bond donors (Lipinski definition) is 2. The molecule has 2 N–H and O–H groups in total. The van der Waals surface area contributed by atoms with Crippen molar-refractivity contribution in [1.82, 2.24) is 4.90 Å². The van der Waals surface area contributed by atoms with Crippen molar-refractivity contribution in [3.63, 3.8) is 0 Å². The average molecular weight is 680 g/mol. The highest BCUT2D eigenvalue weighted by Crippen LogP contribution is 2.66. The molecular weight excluding hydrogens is 650 g/mol. The Morgan fingerprint density at radius 2 is 1.57 bits per heavy atom. The number of methoxy groups -OCH3 is 1. The second kappa shape index (κ2) is 11.1. The molecule has 3 fully saturated rings. The van der Waals surface area contributed by atoms with Crippen LogP contribution >= 0.6 is 23.2 Å². The number of phenols is 2. The van der Waals surface area contributed by atoms with Gasteiger partial charge in [0, 0.05) is 24.1 Å². The third-order valence-electron chi connectivity index (χ3n) is 10.1. The summed E-state index contributed by atoms with van der Waals surface area (Å²) in [6.07, 6.45) is 2.17. The topological polar surface area (TPSA) is 124 Å². The van der Waals surface area contributed by atoms with Gasteiger partial charge in [0.2, 0.25) is 11.8 Å². The lowest BCUT2D eigenvalue weighted by Gasteiger charge is -2.50. The number of amides is 4. The number of hydrogen-bond acceptors (Lipinski definition) is 7. The Balaban J connectivity index is 1.33. The zero-order valence-corrected chi connectivity index (χ0v) is 26.5. The van der Waals surface area contributed by atoms with Gasteiger partial charge in [-0.1, -0.05) is 29.8 Å². The summed E-state index contributed by atoms with van der Waals surface area (Å²) in [7, 11) is 1.39. The van der Waals surface area contributed by atoms with Gasteiger partial charge in [-0.15, -0.1) is 23.2 Å². The molecule has 12 heteroatoms. The summed E-state index contributed by atoms with van der Waals surface area (Å²) in [6.45, 7) is 0.119. The van der Waals surface area contributed by atoms with E-state index >= 15 is 0 Å². The Labute approximate surface area is 279 Å². The minimum absolute atomic E-state index is 0.0784. The van der Waals surface area contributed by atoms with Gasteiger partial charge in [-0.3, -0.25) is 24.1 Å². The number of carbonyl (C=O) groups is 4. The molecule has 3 aromatic carbocycles. The first-order valence-corrected chi connectivity index (χ1v) is 15.9. The van der Waals surface area contributed by atoms with Crippen molar-refractivity contribution in [1.29, 1.82) is 0 Å². The summed E-state index contributed by atoms with van der Waals surface area (Å²) in [5.74, 6) is -6.20. The number of ether oxygens (including phenoxy) is 1. The molecule has 9 nitrogen and oxygen atoms in total. The average Bonchev–Trinajstić information content (AvgIpc) is 3.38. The molecule has 4 amide bonds. The summed E-state index contributed by atoms with van der Waals surface area (Å²) < 4.78 is 19.5. The van der Waals surface area contributed by atoms with Gasteiger partial charge < -0.3 is 14.9 Å². The van der Waals surface area contributed by atoms with Crippen LogP contribution in [0, 0.1) is 23.6 Å². The Kier molecular flexibility index (Phi) is 7.37. The van der Waals surface area contributed by atoms with Gasteiger partial charge in [0.05, 0.1) is 24.6 Å². The van der Waals surface area contributed by atoms with E-state index < -0.39 is 57.0 Å². The predicted molar refractivity (Wildman–Crippen MR) is 170 cm³/mol. The molecule has 47 heavy (non-hydrogen) atoms. The van der Waals surface area contributed by atoms with Gasteiger partial charge in [0.15, 0.2) is 9.75 Å². The van der Waals surface area contributed by atoms with Crippen molar-refractivity contribution in [2.75, 3.05) is 18.6 Å². The van der Waals surface area contributed by atoms with Gasteiger partial charge >= 0.3 is 0 Å². The summed E-state index contributed by atoms with van der Waals surface area (Å²) in [5, 5.41) is 19.9. The number of imide groups is 2. The zero-order chi connectivity index (χ0) is 33.4. The standard InChI is InChI=1S/C35H29Cl2FN2O7/c1-47-27-16-22(42)10-11-24(27)29-23-12-13-25-28(31(44)39(30(25)43)15-14-18-2-8-21(41)9-3-18)26(23)17-34(36)32(45)40(33(46)35(29,34)37)20-6-4-19(38)5-7-20/h2-12,16,25-26,28-29,41-42H,13-15,17H2,1H3/t25-,26+,28-,29+,34+,35-/m0/s1. The normalized spacial score (nSPS) is 29.8. The molecule has 0 spiro atoms. The highest BCUT2D eigenvalue weighted by molar-refractivity contribution is 6.58. The summed E-state index contributed by atoms with van der Waals surface area (Å²) in [5.41, 5.74) is 1.85. The van der Waals surface area contributed by atoms with Gasteiger partial charge in [-0.2, -0.15) is 0 Å². The van der Waals surface area contributed by atoms with E-state index in [2.05, 4.69) is 0 Å². The van der Waals surface area contributed by atoms with Crippen molar-refractivity contribution >= 4 is 52.5 Å². The number of fused-ring (bicyclic) bond motifs is 4. The molecule has 242 valence electrons. The fraction of sp³-hybridized carbons (Fsp3) is 0.314. The first-order chi connectivity index (χ1) is 22.4. The Morgan fingerprint density at radius 3 is 2.26 bits per heavy atom. The number of phenolic OH excluding ortho intramolecular Hbond substituents is 2. The largest absolute Gasteiger partial charge is 0.508 e. The van der Waals surface area contributed by atoms with Crippen LogP contribution in [0.1, 0.15) is 29.9 Å². The van der Waals surface area contributed by atoms with Crippen LogP contribution in [0.5, 0.6) is 17.2 Å². The number of alkyl halides is 2. The lowest BCUT2D eigenvalue weighted by molar-refractivity contribution is -0.140. The Hall–Kier alpha value is -4.41. The number of allylic oxidation sites excluding steroid dienone is 2. The van der Waals surface area contributed by atoms with Gasteiger partial charge in [0.25, 0.3) is 11.8 Å². The van der Waals surface area contributed by atoms with E-state index in [1.807, 2.05) is 6.08 Å². The first kappa shape index (κ1) is 31.2. The number of carbonyl (C=O) groups excluding carboxylic acids is 4. The van der Waals surface area contributed by atoms with Crippen LogP contribution < -0.4 is 9.64 Å². The molecule has 7 rings (SSSR count). The minimum Gasteiger partial charge on any atom is -0.508 e. The van der Waals surface area contributed by atoms with Crippen LogP contribution in [-0.2, 0) is 25.6 Å².